The van der Waals surface area contributed by atoms with E-state index in [0.29, 0.717) is 18.9 Å². The number of nitriles is 1. The summed E-state index contributed by atoms with van der Waals surface area (Å²) in [5, 5.41) is 8.31. The standard InChI is InChI=1S/C7H8N4S/c8-3-1-6-11(12)7-9-4-2-5-10-7/h2,4-5,12H,1,6H2. The van der Waals surface area contributed by atoms with E-state index in [1.54, 1.807) is 22.8 Å². The van der Waals surface area contributed by atoms with Crippen molar-refractivity contribution in [3.63, 3.8) is 0 Å². The Labute approximate surface area is 76.4 Å². The molecule has 0 bridgehead atoms. The fraction of sp³-hybridized carbons (Fsp3) is 0.286. The Morgan fingerprint density at radius 2 is 2.17 bits per heavy atom. The number of anilines is 1. The fourth-order valence-electron chi connectivity index (χ4n) is 0.680. The van der Waals surface area contributed by atoms with E-state index in [1.807, 2.05) is 6.07 Å². The summed E-state index contributed by atoms with van der Waals surface area (Å²) in [5.74, 6) is 0.524. The lowest BCUT2D eigenvalue weighted by molar-refractivity contribution is 0.959. The summed E-state index contributed by atoms with van der Waals surface area (Å²) < 4.78 is 1.54. The van der Waals surface area contributed by atoms with Crippen molar-refractivity contribution in [3.8, 4) is 6.07 Å². The molecule has 1 aromatic rings. The van der Waals surface area contributed by atoms with E-state index in [4.69, 9.17) is 5.26 Å². The number of hydrogen-bond acceptors (Lipinski definition) is 5. The summed E-state index contributed by atoms with van der Waals surface area (Å²) in [5.41, 5.74) is 0. The van der Waals surface area contributed by atoms with Crippen LogP contribution in [0.3, 0.4) is 0 Å². The molecule has 0 saturated heterocycles. The van der Waals surface area contributed by atoms with Crippen molar-refractivity contribution in [2.75, 3.05) is 10.8 Å². The van der Waals surface area contributed by atoms with Gasteiger partial charge in [-0.1, -0.05) is 12.8 Å². The molecule has 0 aliphatic carbocycles. The predicted molar refractivity (Wildman–Crippen MR) is 48.6 cm³/mol. The van der Waals surface area contributed by atoms with Gasteiger partial charge in [0.1, 0.15) is 0 Å². The van der Waals surface area contributed by atoms with E-state index >= 15 is 0 Å². The first kappa shape index (κ1) is 8.81. The van der Waals surface area contributed by atoms with Crippen LogP contribution in [0.1, 0.15) is 6.42 Å². The monoisotopic (exact) mass is 180 g/mol. The molecule has 4 nitrogen and oxygen atoms in total. The lowest BCUT2D eigenvalue weighted by atomic mass is 10.5. The molecular formula is C7H8N4S. The lowest BCUT2D eigenvalue weighted by Crippen LogP contribution is -2.14. The zero-order valence-electron chi connectivity index (χ0n) is 6.38. The second-order valence-corrected chi connectivity index (χ2v) is 2.56. The van der Waals surface area contributed by atoms with Crippen LogP contribution in [-0.2, 0) is 0 Å². The molecule has 0 saturated carbocycles. The highest BCUT2D eigenvalue weighted by molar-refractivity contribution is 7.81. The van der Waals surface area contributed by atoms with Gasteiger partial charge in [-0.15, -0.1) is 0 Å². The van der Waals surface area contributed by atoms with Crippen molar-refractivity contribution < 1.29 is 0 Å². The molecule has 0 unspecified atom stereocenters. The van der Waals surface area contributed by atoms with Crippen molar-refractivity contribution in [3.05, 3.63) is 18.5 Å². The topological polar surface area (TPSA) is 52.8 Å². The summed E-state index contributed by atoms with van der Waals surface area (Å²) in [6, 6.07) is 3.75. The maximum absolute atomic E-state index is 8.31. The van der Waals surface area contributed by atoms with Crippen LogP contribution in [0.15, 0.2) is 18.5 Å². The molecule has 0 N–H and O–H groups in total. The average molecular weight is 180 g/mol. The van der Waals surface area contributed by atoms with E-state index in [9.17, 15) is 0 Å². The van der Waals surface area contributed by atoms with Gasteiger partial charge in [0.15, 0.2) is 0 Å². The molecule has 12 heavy (non-hydrogen) atoms. The van der Waals surface area contributed by atoms with Gasteiger partial charge in [-0.25, -0.2) is 9.97 Å². The quantitative estimate of drug-likeness (QED) is 0.706. The third-order valence-electron chi connectivity index (χ3n) is 1.22. The van der Waals surface area contributed by atoms with Gasteiger partial charge in [-0.3, -0.25) is 4.31 Å². The van der Waals surface area contributed by atoms with Crippen LogP contribution in [0.5, 0.6) is 0 Å². The molecule has 0 aliphatic rings. The summed E-state index contributed by atoms with van der Waals surface area (Å²) in [4.78, 5) is 7.92. The van der Waals surface area contributed by atoms with Gasteiger partial charge in [0.05, 0.1) is 12.5 Å². The molecule has 0 radical (unpaired) electrons. The molecule has 0 atom stereocenters. The van der Waals surface area contributed by atoms with Crippen molar-refractivity contribution in [1.29, 1.82) is 5.26 Å². The Bertz CT molecular complexity index is 268. The van der Waals surface area contributed by atoms with Gasteiger partial charge >= 0.3 is 0 Å². The molecule has 1 rings (SSSR count). The van der Waals surface area contributed by atoms with Crippen LogP contribution in [0.2, 0.25) is 0 Å². The summed E-state index contributed by atoms with van der Waals surface area (Å²) in [6.07, 6.45) is 3.69. The number of thiol groups is 1. The molecule has 62 valence electrons. The first-order chi connectivity index (χ1) is 5.84. The number of hydrogen-bond donors (Lipinski definition) is 1. The van der Waals surface area contributed by atoms with Gasteiger partial charge in [-0.2, -0.15) is 5.26 Å². The zero-order valence-corrected chi connectivity index (χ0v) is 7.28. The van der Waals surface area contributed by atoms with Gasteiger partial charge in [0.2, 0.25) is 5.95 Å². The third-order valence-corrected chi connectivity index (χ3v) is 1.60. The normalized spacial score (nSPS) is 9.00. The molecule has 5 heteroatoms. The van der Waals surface area contributed by atoms with E-state index in [2.05, 4.69) is 22.8 Å². The SMILES string of the molecule is N#CCCN(S)c1ncccn1. The van der Waals surface area contributed by atoms with Crippen molar-refractivity contribution in [2.24, 2.45) is 0 Å². The minimum atomic E-state index is 0.418. The van der Waals surface area contributed by atoms with Gasteiger partial charge < -0.3 is 0 Å². The average Bonchev–Trinajstić information content (AvgIpc) is 2.15. The second-order valence-electron chi connectivity index (χ2n) is 2.08. The van der Waals surface area contributed by atoms with Crippen LogP contribution in [0, 0.1) is 11.3 Å². The highest BCUT2D eigenvalue weighted by Crippen LogP contribution is 2.07. The smallest absolute Gasteiger partial charge is 0.235 e. The molecular weight excluding hydrogens is 172 g/mol. The molecule has 0 spiro atoms. The minimum absolute atomic E-state index is 0.418. The van der Waals surface area contributed by atoms with Crippen LogP contribution in [0.4, 0.5) is 5.95 Å². The minimum Gasteiger partial charge on any atom is -0.286 e. The van der Waals surface area contributed by atoms with Crippen LogP contribution in [0.25, 0.3) is 0 Å². The van der Waals surface area contributed by atoms with Crippen LogP contribution < -0.4 is 4.31 Å². The Morgan fingerprint density at radius 1 is 1.50 bits per heavy atom. The summed E-state index contributed by atoms with van der Waals surface area (Å²) in [6.45, 7) is 0.531. The maximum atomic E-state index is 8.31. The first-order valence-corrected chi connectivity index (χ1v) is 3.85. The van der Waals surface area contributed by atoms with E-state index in [-0.39, 0.29) is 0 Å². The largest absolute Gasteiger partial charge is 0.286 e. The van der Waals surface area contributed by atoms with Crippen molar-refractivity contribution >= 4 is 18.8 Å². The molecule has 1 aromatic heterocycles. The van der Waals surface area contributed by atoms with Crippen LogP contribution >= 0.6 is 12.8 Å². The van der Waals surface area contributed by atoms with Crippen LogP contribution in [-0.4, -0.2) is 16.5 Å². The van der Waals surface area contributed by atoms with E-state index in [1.165, 1.54) is 0 Å². The Morgan fingerprint density at radius 3 is 2.75 bits per heavy atom. The first-order valence-electron chi connectivity index (χ1n) is 3.45. The third kappa shape index (κ3) is 2.40. The Hall–Kier alpha value is -1.28. The number of aromatic nitrogens is 2. The van der Waals surface area contributed by atoms with Crippen molar-refractivity contribution in [2.45, 2.75) is 6.42 Å². The predicted octanol–water partition coefficient (Wildman–Crippen LogP) is 1.04. The fourth-order valence-corrected chi connectivity index (χ4v) is 0.884. The number of nitrogens with zero attached hydrogens (tertiary/aromatic N) is 4. The highest BCUT2D eigenvalue weighted by Gasteiger charge is 2.01. The Balaban J connectivity index is 2.55. The van der Waals surface area contributed by atoms with E-state index in [0.717, 1.165) is 0 Å². The van der Waals surface area contributed by atoms with Gasteiger partial charge in [0, 0.05) is 18.9 Å². The molecule has 0 aromatic carbocycles. The number of rotatable bonds is 3. The molecule has 0 fully saturated rings. The van der Waals surface area contributed by atoms with Gasteiger partial charge in [-0.05, 0) is 6.07 Å². The highest BCUT2D eigenvalue weighted by atomic mass is 32.1. The Kier molecular flexibility index (Phi) is 3.35. The molecule has 0 aliphatic heterocycles. The van der Waals surface area contributed by atoms with E-state index < -0.39 is 0 Å². The molecule has 1 heterocycles. The zero-order chi connectivity index (χ0) is 8.81. The molecule has 0 amide bonds. The van der Waals surface area contributed by atoms with Gasteiger partial charge in [0.25, 0.3) is 0 Å². The second kappa shape index (κ2) is 4.57. The maximum Gasteiger partial charge on any atom is 0.235 e. The lowest BCUT2D eigenvalue weighted by Gasteiger charge is -2.11. The summed E-state index contributed by atoms with van der Waals surface area (Å²) in [7, 11) is 0. The summed E-state index contributed by atoms with van der Waals surface area (Å²) >= 11 is 4.11. The van der Waals surface area contributed by atoms with Crippen molar-refractivity contribution in [1.82, 2.24) is 9.97 Å².